The number of aromatic amines is 1. The highest BCUT2D eigenvalue weighted by atomic mass is 35.5. The Labute approximate surface area is 183 Å². The maximum Gasteiger partial charge on any atom is 0.256 e. The third kappa shape index (κ3) is 4.65. The first-order chi connectivity index (χ1) is 14.5. The molecule has 0 spiro atoms. The van der Waals surface area contributed by atoms with Gasteiger partial charge in [0.15, 0.2) is 5.82 Å². The molecule has 0 radical (unpaired) electrons. The Kier molecular flexibility index (Phi) is 6.04. The summed E-state index contributed by atoms with van der Waals surface area (Å²) in [5.74, 6) is 0.122. The van der Waals surface area contributed by atoms with Gasteiger partial charge in [-0.25, -0.2) is 0 Å². The number of hydrogen-bond donors (Lipinski definition) is 3. The molecule has 154 valence electrons. The van der Waals surface area contributed by atoms with Gasteiger partial charge in [0.25, 0.3) is 5.91 Å². The number of nitrogens with zero attached hydrogens (tertiary/aromatic N) is 3. The van der Waals surface area contributed by atoms with Crippen molar-refractivity contribution >= 4 is 40.4 Å². The minimum absolute atomic E-state index is 0.287. The minimum Gasteiger partial charge on any atom is -0.381 e. The van der Waals surface area contributed by atoms with E-state index in [0.717, 1.165) is 42.2 Å². The van der Waals surface area contributed by atoms with Gasteiger partial charge < -0.3 is 15.5 Å². The van der Waals surface area contributed by atoms with Gasteiger partial charge in [-0.15, -0.1) is 11.3 Å². The Balaban J connectivity index is 1.40. The number of piperidine rings is 1. The molecule has 0 atom stereocenters. The Bertz CT molecular complexity index is 1090. The van der Waals surface area contributed by atoms with Crippen LogP contribution < -0.4 is 10.6 Å². The molecular formula is C21H21ClN6OS. The Morgan fingerprint density at radius 1 is 1.33 bits per heavy atom. The molecule has 1 fully saturated rings. The molecule has 4 rings (SSSR count). The van der Waals surface area contributed by atoms with Crippen LogP contribution in [0, 0.1) is 11.3 Å². The van der Waals surface area contributed by atoms with Crippen LogP contribution in [-0.2, 0) is 0 Å². The smallest absolute Gasteiger partial charge is 0.256 e. The van der Waals surface area contributed by atoms with E-state index in [9.17, 15) is 4.79 Å². The van der Waals surface area contributed by atoms with Crippen LogP contribution in [0.5, 0.6) is 0 Å². The molecular weight excluding hydrogens is 420 g/mol. The fraction of sp³-hybridized carbons (Fsp3) is 0.286. The van der Waals surface area contributed by atoms with Crippen molar-refractivity contribution in [2.75, 3.05) is 30.8 Å². The van der Waals surface area contributed by atoms with Gasteiger partial charge in [-0.2, -0.15) is 10.4 Å². The first-order valence-electron chi connectivity index (χ1n) is 9.62. The Morgan fingerprint density at radius 3 is 2.83 bits per heavy atom. The summed E-state index contributed by atoms with van der Waals surface area (Å²) in [5, 5.41) is 24.5. The molecule has 1 aromatic carbocycles. The van der Waals surface area contributed by atoms with Crippen molar-refractivity contribution in [3.05, 3.63) is 51.9 Å². The SMILES string of the molecule is CN1CCC(Nc2ccc(C(=O)Nc3cc(-c4cc(C#N)cs4)[nH]n3)cc2Cl)CC1. The Hall–Kier alpha value is -2.86. The van der Waals surface area contributed by atoms with Crippen LogP contribution >= 0.6 is 22.9 Å². The number of thiophene rings is 1. The van der Waals surface area contributed by atoms with E-state index in [-0.39, 0.29) is 5.91 Å². The van der Waals surface area contributed by atoms with E-state index >= 15 is 0 Å². The molecule has 2 aromatic heterocycles. The lowest BCUT2D eigenvalue weighted by Crippen LogP contribution is -2.36. The van der Waals surface area contributed by atoms with E-state index in [2.05, 4.69) is 38.8 Å². The van der Waals surface area contributed by atoms with Crippen molar-refractivity contribution in [3.63, 3.8) is 0 Å². The number of carbonyl (C=O) groups is 1. The standard InChI is InChI=1S/C21H21ClN6OS/c1-28-6-4-15(5-7-28)24-17-3-2-14(9-16(17)22)21(29)25-20-10-18(26-27-20)19-8-13(11-23)12-30-19/h2-3,8-10,12,15,24H,4-7H2,1H3,(H2,25,26,27,29). The number of aromatic nitrogens is 2. The van der Waals surface area contributed by atoms with Gasteiger partial charge in [0, 0.05) is 23.1 Å². The van der Waals surface area contributed by atoms with E-state index in [4.69, 9.17) is 16.9 Å². The number of carbonyl (C=O) groups excluding carboxylic acids is 1. The second-order valence-corrected chi connectivity index (χ2v) is 8.67. The van der Waals surface area contributed by atoms with Gasteiger partial charge in [0.1, 0.15) is 6.07 Å². The highest BCUT2D eigenvalue weighted by Gasteiger charge is 2.18. The summed E-state index contributed by atoms with van der Waals surface area (Å²) in [4.78, 5) is 15.8. The first-order valence-corrected chi connectivity index (χ1v) is 10.9. The largest absolute Gasteiger partial charge is 0.381 e. The normalized spacial score (nSPS) is 15.0. The molecule has 1 aliphatic heterocycles. The van der Waals surface area contributed by atoms with Crippen LogP contribution in [-0.4, -0.2) is 47.2 Å². The summed E-state index contributed by atoms with van der Waals surface area (Å²) in [5.41, 5.74) is 2.64. The molecule has 1 aliphatic rings. The van der Waals surface area contributed by atoms with E-state index < -0.39 is 0 Å². The lowest BCUT2D eigenvalue weighted by molar-refractivity contribution is 0.102. The van der Waals surface area contributed by atoms with Crippen molar-refractivity contribution in [1.29, 1.82) is 5.26 Å². The Morgan fingerprint density at radius 2 is 2.13 bits per heavy atom. The lowest BCUT2D eigenvalue weighted by Gasteiger charge is -2.30. The van der Waals surface area contributed by atoms with Gasteiger partial charge in [-0.3, -0.25) is 9.89 Å². The molecule has 7 nitrogen and oxygen atoms in total. The van der Waals surface area contributed by atoms with Crippen LogP contribution in [0.25, 0.3) is 10.6 Å². The molecule has 3 aromatic rings. The zero-order valence-corrected chi connectivity index (χ0v) is 18.0. The monoisotopic (exact) mass is 440 g/mol. The lowest BCUT2D eigenvalue weighted by atomic mass is 10.0. The molecule has 3 N–H and O–H groups in total. The third-order valence-corrected chi connectivity index (χ3v) is 6.40. The number of nitrogens with one attached hydrogen (secondary N) is 3. The molecule has 0 unspecified atom stereocenters. The van der Waals surface area contributed by atoms with Crippen LogP contribution in [0.4, 0.5) is 11.5 Å². The van der Waals surface area contributed by atoms with Crippen molar-refractivity contribution in [2.24, 2.45) is 0 Å². The van der Waals surface area contributed by atoms with E-state index in [1.54, 1.807) is 29.6 Å². The van der Waals surface area contributed by atoms with E-state index in [1.165, 1.54) is 11.3 Å². The second kappa shape index (κ2) is 8.88. The molecule has 1 amide bonds. The summed E-state index contributed by atoms with van der Waals surface area (Å²) in [6.45, 7) is 2.12. The summed E-state index contributed by atoms with van der Waals surface area (Å²) >= 11 is 7.86. The van der Waals surface area contributed by atoms with E-state index in [0.29, 0.717) is 28.0 Å². The van der Waals surface area contributed by atoms with Crippen LogP contribution in [0.2, 0.25) is 5.02 Å². The topological polar surface area (TPSA) is 96.8 Å². The average molecular weight is 441 g/mol. The number of halogens is 1. The predicted molar refractivity (Wildman–Crippen MR) is 120 cm³/mol. The number of rotatable bonds is 5. The number of likely N-dealkylation sites (tertiary alicyclic amines) is 1. The summed E-state index contributed by atoms with van der Waals surface area (Å²) in [6, 6.07) is 11.3. The number of nitriles is 1. The molecule has 9 heteroatoms. The van der Waals surface area contributed by atoms with Crippen LogP contribution in [0.3, 0.4) is 0 Å². The van der Waals surface area contributed by atoms with Gasteiger partial charge >= 0.3 is 0 Å². The molecule has 30 heavy (non-hydrogen) atoms. The number of anilines is 2. The average Bonchev–Trinajstić information content (AvgIpc) is 3.40. The number of amides is 1. The van der Waals surface area contributed by atoms with Crippen molar-refractivity contribution < 1.29 is 4.79 Å². The van der Waals surface area contributed by atoms with Gasteiger partial charge in [0.05, 0.1) is 26.8 Å². The molecule has 3 heterocycles. The second-order valence-electron chi connectivity index (χ2n) is 7.35. The third-order valence-electron chi connectivity index (χ3n) is 5.12. The maximum atomic E-state index is 12.6. The molecule has 0 saturated carbocycles. The molecule has 1 saturated heterocycles. The zero-order valence-electron chi connectivity index (χ0n) is 16.4. The molecule has 0 bridgehead atoms. The molecule has 0 aliphatic carbocycles. The summed E-state index contributed by atoms with van der Waals surface area (Å²) < 4.78 is 0. The van der Waals surface area contributed by atoms with E-state index in [1.807, 2.05) is 6.07 Å². The minimum atomic E-state index is -0.287. The summed E-state index contributed by atoms with van der Waals surface area (Å²) in [6.07, 6.45) is 2.13. The fourth-order valence-corrected chi connectivity index (χ4v) is 4.42. The van der Waals surface area contributed by atoms with Crippen LogP contribution in [0.15, 0.2) is 35.7 Å². The number of hydrogen-bond acceptors (Lipinski definition) is 6. The maximum absolute atomic E-state index is 12.6. The number of H-pyrrole nitrogens is 1. The summed E-state index contributed by atoms with van der Waals surface area (Å²) in [7, 11) is 2.13. The zero-order chi connectivity index (χ0) is 21.1. The van der Waals surface area contributed by atoms with Crippen molar-refractivity contribution in [2.45, 2.75) is 18.9 Å². The van der Waals surface area contributed by atoms with Crippen LogP contribution in [0.1, 0.15) is 28.8 Å². The highest BCUT2D eigenvalue weighted by Crippen LogP contribution is 2.28. The predicted octanol–water partition coefficient (Wildman–Crippen LogP) is 4.42. The van der Waals surface area contributed by atoms with Gasteiger partial charge in [-0.05, 0) is 57.2 Å². The van der Waals surface area contributed by atoms with Gasteiger partial charge in [-0.1, -0.05) is 11.6 Å². The quantitative estimate of drug-likeness (QED) is 0.545. The van der Waals surface area contributed by atoms with Crippen molar-refractivity contribution in [3.8, 4) is 16.6 Å². The fourth-order valence-electron chi connectivity index (χ4n) is 3.38. The van der Waals surface area contributed by atoms with Gasteiger partial charge in [0.2, 0.25) is 0 Å². The highest BCUT2D eigenvalue weighted by molar-refractivity contribution is 7.13. The number of benzene rings is 1. The van der Waals surface area contributed by atoms with Crippen molar-refractivity contribution in [1.82, 2.24) is 15.1 Å². The first kappa shape index (κ1) is 20.4.